The molecule has 0 radical (unpaired) electrons. The number of likely N-dealkylation sites (tertiary alicyclic amines) is 1. The Balaban J connectivity index is 1.21. The van der Waals surface area contributed by atoms with Gasteiger partial charge in [-0.1, -0.05) is 18.2 Å². The molecule has 32 heavy (non-hydrogen) atoms. The van der Waals surface area contributed by atoms with Gasteiger partial charge in [0.15, 0.2) is 0 Å². The number of benzene rings is 1. The van der Waals surface area contributed by atoms with Crippen LogP contribution in [0.25, 0.3) is 0 Å². The number of amides is 2. The number of nitrogens with one attached hydrogen (secondary N) is 1. The fourth-order valence-electron chi connectivity index (χ4n) is 4.11. The third-order valence-corrected chi connectivity index (χ3v) is 6.88. The molecule has 8 heteroatoms. The minimum atomic E-state index is -0.0162. The number of pyridine rings is 1. The molecule has 4 rings (SSSR count). The molecule has 7 nitrogen and oxygen atoms in total. The fourth-order valence-corrected chi connectivity index (χ4v) is 4.92. The molecule has 0 bridgehead atoms. The number of piperidine rings is 1. The molecule has 2 aliphatic rings. The van der Waals surface area contributed by atoms with Crippen molar-refractivity contribution < 1.29 is 14.3 Å². The number of rotatable bonds is 7. The maximum atomic E-state index is 12.7. The Morgan fingerprint density at radius 2 is 1.88 bits per heavy atom. The molecule has 0 unspecified atom stereocenters. The van der Waals surface area contributed by atoms with Gasteiger partial charge in [-0.05, 0) is 55.8 Å². The number of thioether (sulfide) groups is 1. The van der Waals surface area contributed by atoms with Crippen molar-refractivity contribution in [2.24, 2.45) is 5.92 Å². The summed E-state index contributed by atoms with van der Waals surface area (Å²) in [6.45, 7) is 4.55. The monoisotopic (exact) mass is 454 g/mol. The van der Waals surface area contributed by atoms with Crippen molar-refractivity contribution in [1.29, 1.82) is 0 Å². The molecular formula is C24H30N4O3S. The van der Waals surface area contributed by atoms with E-state index in [-0.39, 0.29) is 17.7 Å². The van der Waals surface area contributed by atoms with Gasteiger partial charge >= 0.3 is 0 Å². The second-order valence-electron chi connectivity index (χ2n) is 8.19. The van der Waals surface area contributed by atoms with Crippen LogP contribution in [0.1, 0.15) is 18.4 Å². The quantitative estimate of drug-likeness (QED) is 0.649. The van der Waals surface area contributed by atoms with Crippen LogP contribution in [-0.4, -0.2) is 72.5 Å². The molecule has 3 heterocycles. The zero-order valence-electron chi connectivity index (χ0n) is 18.2. The second-order valence-corrected chi connectivity index (χ2v) is 9.19. The summed E-state index contributed by atoms with van der Waals surface area (Å²) in [5.41, 5.74) is 1.95. The van der Waals surface area contributed by atoms with Gasteiger partial charge in [0.1, 0.15) is 0 Å². The first-order chi connectivity index (χ1) is 15.7. The smallest absolute Gasteiger partial charge is 0.238 e. The lowest BCUT2D eigenvalue weighted by Gasteiger charge is -2.35. The Bertz CT molecular complexity index is 897. The molecule has 0 atom stereocenters. The zero-order chi connectivity index (χ0) is 22.2. The van der Waals surface area contributed by atoms with Crippen molar-refractivity contribution in [3.05, 3.63) is 54.2 Å². The number of hydrogen-bond acceptors (Lipinski definition) is 6. The summed E-state index contributed by atoms with van der Waals surface area (Å²) >= 11 is 1.67. The molecule has 1 aromatic carbocycles. The topological polar surface area (TPSA) is 74.8 Å². The standard InChI is InChI=1S/C24H30N4O3S/c29-22(17-27-10-7-20(8-11-27)24(30)28-12-14-31-15-13-28)26-21-5-3-4-19(16-21)18-32-23-6-1-2-9-25-23/h1-6,9,16,20H,7-8,10-15,17-18H2,(H,26,29). The van der Waals surface area contributed by atoms with Crippen LogP contribution in [0.3, 0.4) is 0 Å². The minimum absolute atomic E-state index is 0.0162. The molecule has 0 aliphatic carbocycles. The molecule has 0 saturated carbocycles. The van der Waals surface area contributed by atoms with Crippen LogP contribution in [0.4, 0.5) is 5.69 Å². The highest BCUT2D eigenvalue weighted by molar-refractivity contribution is 7.98. The first-order valence-electron chi connectivity index (χ1n) is 11.2. The summed E-state index contributed by atoms with van der Waals surface area (Å²) in [7, 11) is 0. The highest BCUT2D eigenvalue weighted by Crippen LogP contribution is 2.23. The molecule has 1 aromatic heterocycles. The lowest BCUT2D eigenvalue weighted by Crippen LogP contribution is -2.47. The van der Waals surface area contributed by atoms with Crippen LogP contribution < -0.4 is 5.32 Å². The number of ether oxygens (including phenoxy) is 1. The maximum absolute atomic E-state index is 12.7. The Morgan fingerprint density at radius 3 is 2.62 bits per heavy atom. The van der Waals surface area contributed by atoms with Crippen LogP contribution in [0.5, 0.6) is 0 Å². The van der Waals surface area contributed by atoms with Gasteiger partial charge in [0, 0.05) is 36.6 Å². The van der Waals surface area contributed by atoms with E-state index >= 15 is 0 Å². The van der Waals surface area contributed by atoms with E-state index in [9.17, 15) is 9.59 Å². The molecule has 2 saturated heterocycles. The average molecular weight is 455 g/mol. The minimum Gasteiger partial charge on any atom is -0.378 e. The van der Waals surface area contributed by atoms with Crippen molar-refractivity contribution in [2.45, 2.75) is 23.6 Å². The number of aromatic nitrogens is 1. The number of morpholine rings is 1. The highest BCUT2D eigenvalue weighted by Gasteiger charge is 2.29. The van der Waals surface area contributed by atoms with Gasteiger partial charge in [-0.3, -0.25) is 14.5 Å². The summed E-state index contributed by atoms with van der Waals surface area (Å²) < 4.78 is 5.34. The third-order valence-electron chi connectivity index (χ3n) is 5.86. The van der Waals surface area contributed by atoms with Crippen molar-refractivity contribution in [3.8, 4) is 0 Å². The summed E-state index contributed by atoms with van der Waals surface area (Å²) in [6.07, 6.45) is 3.41. The number of carbonyl (C=O) groups excluding carboxylic acids is 2. The first kappa shape index (κ1) is 22.8. The molecule has 2 aliphatic heterocycles. The van der Waals surface area contributed by atoms with E-state index in [0.29, 0.717) is 32.8 Å². The van der Waals surface area contributed by atoms with Gasteiger partial charge in [0.2, 0.25) is 11.8 Å². The van der Waals surface area contributed by atoms with Crippen molar-refractivity contribution in [1.82, 2.24) is 14.8 Å². The zero-order valence-corrected chi connectivity index (χ0v) is 19.1. The van der Waals surface area contributed by atoms with E-state index in [0.717, 1.165) is 48.0 Å². The number of carbonyl (C=O) groups is 2. The normalized spacial score (nSPS) is 17.8. The maximum Gasteiger partial charge on any atom is 0.238 e. The van der Waals surface area contributed by atoms with Gasteiger partial charge in [-0.15, -0.1) is 11.8 Å². The number of anilines is 1. The van der Waals surface area contributed by atoms with Crippen LogP contribution in [0.2, 0.25) is 0 Å². The number of nitrogens with zero attached hydrogens (tertiary/aromatic N) is 3. The van der Waals surface area contributed by atoms with Gasteiger partial charge in [0.05, 0.1) is 24.8 Å². The Hall–Kier alpha value is -2.42. The predicted molar refractivity (Wildman–Crippen MR) is 125 cm³/mol. The first-order valence-corrected chi connectivity index (χ1v) is 12.2. The summed E-state index contributed by atoms with van der Waals surface area (Å²) in [4.78, 5) is 33.6. The summed E-state index contributed by atoms with van der Waals surface area (Å²) in [5.74, 6) is 1.10. The lowest BCUT2D eigenvalue weighted by molar-refractivity contribution is -0.141. The third kappa shape index (κ3) is 6.54. The van der Waals surface area contributed by atoms with Gasteiger partial charge in [0.25, 0.3) is 0 Å². The average Bonchev–Trinajstić information content (AvgIpc) is 2.84. The molecule has 2 aromatic rings. The van der Waals surface area contributed by atoms with Crippen molar-refractivity contribution in [3.63, 3.8) is 0 Å². The van der Waals surface area contributed by atoms with Crippen molar-refractivity contribution >= 4 is 29.3 Å². The second kappa shape index (κ2) is 11.4. The molecule has 2 amide bonds. The van der Waals surface area contributed by atoms with Crippen molar-refractivity contribution in [2.75, 3.05) is 51.3 Å². The molecular weight excluding hydrogens is 424 g/mol. The predicted octanol–water partition coefficient (Wildman–Crippen LogP) is 2.88. The largest absolute Gasteiger partial charge is 0.378 e. The van der Waals surface area contributed by atoms with E-state index in [4.69, 9.17) is 4.74 Å². The summed E-state index contributed by atoms with van der Waals surface area (Å²) in [6, 6.07) is 13.8. The fraction of sp³-hybridized carbons (Fsp3) is 0.458. The van der Waals surface area contributed by atoms with Crippen LogP contribution in [0, 0.1) is 5.92 Å². The highest BCUT2D eigenvalue weighted by atomic mass is 32.2. The molecule has 2 fully saturated rings. The molecule has 170 valence electrons. The lowest BCUT2D eigenvalue weighted by atomic mass is 9.95. The van der Waals surface area contributed by atoms with E-state index in [1.54, 1.807) is 18.0 Å². The molecule has 1 N–H and O–H groups in total. The SMILES string of the molecule is O=C(CN1CCC(C(=O)N2CCOCC2)CC1)Nc1cccc(CSc2ccccn2)c1. The van der Waals surface area contributed by atoms with Crippen LogP contribution in [0.15, 0.2) is 53.7 Å². The Labute approximate surface area is 193 Å². The van der Waals surface area contributed by atoms with E-state index in [1.807, 2.05) is 41.3 Å². The number of hydrogen-bond donors (Lipinski definition) is 1. The van der Waals surface area contributed by atoms with E-state index in [2.05, 4.69) is 21.3 Å². The Kier molecular flexibility index (Phi) is 8.14. The van der Waals surface area contributed by atoms with E-state index in [1.165, 1.54) is 0 Å². The molecule has 0 spiro atoms. The van der Waals surface area contributed by atoms with Gasteiger partial charge in [-0.2, -0.15) is 0 Å². The van der Waals surface area contributed by atoms with Gasteiger partial charge < -0.3 is 15.0 Å². The Morgan fingerprint density at radius 1 is 1.06 bits per heavy atom. The van der Waals surface area contributed by atoms with Crippen LogP contribution in [-0.2, 0) is 20.1 Å². The van der Waals surface area contributed by atoms with E-state index < -0.39 is 0 Å². The van der Waals surface area contributed by atoms with Gasteiger partial charge in [-0.25, -0.2) is 4.98 Å². The van der Waals surface area contributed by atoms with Crippen LogP contribution >= 0.6 is 11.8 Å². The summed E-state index contributed by atoms with van der Waals surface area (Å²) in [5, 5.41) is 4.00.